The van der Waals surface area contributed by atoms with E-state index in [0.29, 0.717) is 19.6 Å². The number of ether oxygens (including phenoxy) is 1. The second-order valence-corrected chi connectivity index (χ2v) is 5.31. The first-order valence-corrected chi connectivity index (χ1v) is 7.91. The van der Waals surface area contributed by atoms with Gasteiger partial charge in [-0.25, -0.2) is 0 Å². The van der Waals surface area contributed by atoms with Gasteiger partial charge >= 0.3 is 5.97 Å². The lowest BCUT2D eigenvalue weighted by Crippen LogP contribution is -2.48. The van der Waals surface area contributed by atoms with Crippen LogP contribution in [0.4, 0.5) is 5.69 Å². The Hall–Kier alpha value is -2.37. The van der Waals surface area contributed by atoms with Gasteiger partial charge in [-0.15, -0.1) is 0 Å². The smallest absolute Gasteiger partial charge is 0.306 e. The fourth-order valence-electron chi connectivity index (χ4n) is 2.76. The average molecular weight is 318 g/mol. The lowest BCUT2D eigenvalue weighted by Gasteiger charge is -2.24. The molecule has 0 saturated carbocycles. The number of hydrogen-bond donors (Lipinski definition) is 1. The third-order valence-corrected chi connectivity index (χ3v) is 3.75. The van der Waals surface area contributed by atoms with Crippen molar-refractivity contribution in [2.75, 3.05) is 18.1 Å². The second kappa shape index (κ2) is 7.76. The van der Waals surface area contributed by atoms with Gasteiger partial charge in [0.25, 0.3) is 0 Å². The molecule has 0 bridgehead atoms. The van der Waals surface area contributed by atoms with Crippen LogP contribution in [0.3, 0.4) is 0 Å². The minimum Gasteiger partial charge on any atom is -0.466 e. The van der Waals surface area contributed by atoms with E-state index in [4.69, 9.17) is 4.74 Å². The minimum absolute atomic E-state index is 0.0213. The monoisotopic (exact) mass is 318 g/mol. The number of amides is 2. The molecule has 0 aromatic heterocycles. The fourth-order valence-corrected chi connectivity index (χ4v) is 2.76. The first-order chi connectivity index (χ1) is 11.1. The van der Waals surface area contributed by atoms with Crippen molar-refractivity contribution >= 4 is 23.5 Å². The molecule has 1 heterocycles. The Balaban J connectivity index is 2.15. The van der Waals surface area contributed by atoms with Gasteiger partial charge in [-0.05, 0) is 25.5 Å². The molecule has 2 rings (SSSR count). The Morgan fingerprint density at radius 2 is 1.96 bits per heavy atom. The van der Waals surface area contributed by atoms with Gasteiger partial charge in [-0.1, -0.05) is 18.2 Å². The largest absolute Gasteiger partial charge is 0.466 e. The van der Waals surface area contributed by atoms with Crippen molar-refractivity contribution in [3.63, 3.8) is 0 Å². The lowest BCUT2D eigenvalue weighted by molar-refractivity contribution is -0.144. The number of nitrogens with one attached hydrogen (secondary N) is 1. The summed E-state index contributed by atoms with van der Waals surface area (Å²) in [4.78, 5) is 37.8. The van der Waals surface area contributed by atoms with Gasteiger partial charge in [-0.3, -0.25) is 19.3 Å². The molecule has 6 nitrogen and oxygen atoms in total. The molecule has 1 atom stereocenters. The topological polar surface area (TPSA) is 75.7 Å². The SMILES string of the molecule is CCNC(=O)C1Cc2ccccc2N1C(=O)CCC(=O)OCC. The van der Waals surface area contributed by atoms with Crippen molar-refractivity contribution < 1.29 is 19.1 Å². The number of anilines is 1. The third kappa shape index (κ3) is 3.88. The van der Waals surface area contributed by atoms with Crippen LogP contribution in [0.1, 0.15) is 32.3 Å². The van der Waals surface area contributed by atoms with Crippen LogP contribution >= 0.6 is 0 Å². The molecular weight excluding hydrogens is 296 g/mol. The lowest BCUT2D eigenvalue weighted by atomic mass is 10.1. The highest BCUT2D eigenvalue weighted by atomic mass is 16.5. The van der Waals surface area contributed by atoms with Gasteiger partial charge in [0.2, 0.25) is 11.8 Å². The molecule has 2 amide bonds. The van der Waals surface area contributed by atoms with Crippen LogP contribution in [0, 0.1) is 0 Å². The zero-order valence-corrected chi connectivity index (χ0v) is 13.5. The van der Waals surface area contributed by atoms with Gasteiger partial charge in [0.05, 0.1) is 13.0 Å². The number of carbonyl (C=O) groups is 3. The molecule has 0 spiro atoms. The Kier molecular flexibility index (Phi) is 5.73. The van der Waals surface area contributed by atoms with E-state index in [2.05, 4.69) is 5.32 Å². The summed E-state index contributed by atoms with van der Waals surface area (Å²) in [5.41, 5.74) is 1.71. The molecule has 1 aliphatic rings. The van der Waals surface area contributed by atoms with Gasteiger partial charge in [0.1, 0.15) is 6.04 Å². The number of likely N-dealkylation sites (N-methyl/N-ethyl adjacent to an activating group) is 1. The molecule has 23 heavy (non-hydrogen) atoms. The standard InChI is InChI=1S/C17H22N2O4/c1-3-18-17(22)14-11-12-7-5-6-8-13(12)19(14)15(20)9-10-16(21)23-4-2/h5-8,14H,3-4,9-11H2,1-2H3,(H,18,22). The minimum atomic E-state index is -0.554. The highest BCUT2D eigenvalue weighted by molar-refractivity contribution is 6.04. The molecule has 1 unspecified atom stereocenters. The van der Waals surface area contributed by atoms with E-state index < -0.39 is 12.0 Å². The summed E-state index contributed by atoms with van der Waals surface area (Å²) in [5, 5.41) is 2.77. The number of carbonyl (C=O) groups excluding carboxylic acids is 3. The number of nitrogens with zero attached hydrogens (tertiary/aromatic N) is 1. The predicted molar refractivity (Wildman–Crippen MR) is 86.0 cm³/mol. The molecule has 6 heteroatoms. The molecule has 0 aliphatic carbocycles. The molecule has 0 saturated heterocycles. The van der Waals surface area contributed by atoms with E-state index in [1.165, 1.54) is 4.90 Å². The van der Waals surface area contributed by atoms with Crippen LogP contribution in [0.25, 0.3) is 0 Å². The van der Waals surface area contributed by atoms with E-state index in [-0.39, 0.29) is 24.7 Å². The third-order valence-electron chi connectivity index (χ3n) is 3.75. The van der Waals surface area contributed by atoms with Crippen molar-refractivity contribution in [2.24, 2.45) is 0 Å². The normalized spacial score (nSPS) is 15.9. The maximum atomic E-state index is 12.6. The number of hydrogen-bond acceptors (Lipinski definition) is 4. The van der Waals surface area contributed by atoms with Crippen LogP contribution in [0.15, 0.2) is 24.3 Å². The number of fused-ring (bicyclic) bond motifs is 1. The summed E-state index contributed by atoms with van der Waals surface area (Å²) < 4.78 is 4.85. The molecule has 0 fully saturated rings. The summed E-state index contributed by atoms with van der Waals surface area (Å²) in [7, 11) is 0. The van der Waals surface area contributed by atoms with E-state index >= 15 is 0 Å². The Morgan fingerprint density at radius 3 is 2.65 bits per heavy atom. The van der Waals surface area contributed by atoms with E-state index in [9.17, 15) is 14.4 Å². The first kappa shape index (κ1) is 17.0. The van der Waals surface area contributed by atoms with Gasteiger partial charge < -0.3 is 10.1 Å². The van der Waals surface area contributed by atoms with Crippen molar-refractivity contribution in [1.29, 1.82) is 0 Å². The zero-order valence-electron chi connectivity index (χ0n) is 13.5. The Labute approximate surface area is 135 Å². The maximum Gasteiger partial charge on any atom is 0.306 e. The van der Waals surface area contributed by atoms with Crippen LogP contribution in [-0.2, 0) is 25.5 Å². The molecule has 0 radical (unpaired) electrons. The van der Waals surface area contributed by atoms with Crippen LogP contribution in [-0.4, -0.2) is 37.0 Å². The maximum absolute atomic E-state index is 12.6. The summed E-state index contributed by atoms with van der Waals surface area (Å²) in [6.45, 7) is 4.37. The average Bonchev–Trinajstić information content (AvgIpc) is 2.93. The first-order valence-electron chi connectivity index (χ1n) is 7.91. The van der Waals surface area contributed by atoms with Crippen LogP contribution in [0.5, 0.6) is 0 Å². The number of rotatable bonds is 6. The van der Waals surface area contributed by atoms with Gasteiger partial charge in [-0.2, -0.15) is 0 Å². The molecule has 124 valence electrons. The van der Waals surface area contributed by atoms with Crippen molar-refractivity contribution in [2.45, 2.75) is 39.2 Å². The highest BCUT2D eigenvalue weighted by Crippen LogP contribution is 2.32. The Morgan fingerprint density at radius 1 is 1.22 bits per heavy atom. The molecule has 1 aromatic carbocycles. The van der Waals surface area contributed by atoms with E-state index in [1.54, 1.807) is 6.92 Å². The summed E-state index contributed by atoms with van der Waals surface area (Å²) in [6.07, 6.45) is 0.545. The van der Waals surface area contributed by atoms with Gasteiger partial charge in [0.15, 0.2) is 0 Å². The fraction of sp³-hybridized carbons (Fsp3) is 0.471. The molecule has 1 N–H and O–H groups in total. The summed E-state index contributed by atoms with van der Waals surface area (Å²) in [6, 6.07) is 6.92. The predicted octanol–water partition coefficient (Wildman–Crippen LogP) is 1.42. The Bertz CT molecular complexity index is 600. The quantitative estimate of drug-likeness (QED) is 0.805. The second-order valence-electron chi connectivity index (χ2n) is 5.31. The summed E-state index contributed by atoms with van der Waals surface area (Å²) in [5.74, 6) is -0.810. The van der Waals surface area contributed by atoms with Crippen LogP contribution in [0.2, 0.25) is 0 Å². The molecule has 1 aromatic rings. The van der Waals surface area contributed by atoms with E-state index in [0.717, 1.165) is 11.3 Å². The number of para-hydroxylation sites is 1. The van der Waals surface area contributed by atoms with Crippen molar-refractivity contribution in [3.8, 4) is 0 Å². The number of esters is 1. The van der Waals surface area contributed by atoms with Gasteiger partial charge in [0, 0.05) is 25.1 Å². The molecule has 1 aliphatic heterocycles. The van der Waals surface area contributed by atoms with E-state index in [1.807, 2.05) is 31.2 Å². The van der Waals surface area contributed by atoms with Crippen molar-refractivity contribution in [3.05, 3.63) is 29.8 Å². The summed E-state index contributed by atoms with van der Waals surface area (Å²) >= 11 is 0. The zero-order chi connectivity index (χ0) is 16.8. The highest BCUT2D eigenvalue weighted by Gasteiger charge is 2.37. The number of benzene rings is 1. The molecular formula is C17H22N2O4. The van der Waals surface area contributed by atoms with Crippen LogP contribution < -0.4 is 10.2 Å². The van der Waals surface area contributed by atoms with Crippen molar-refractivity contribution in [1.82, 2.24) is 5.32 Å².